The smallest absolute Gasteiger partial charge is 0.307 e. The molecular formula is C16H25NO4. The second kappa shape index (κ2) is 6.34. The molecule has 3 unspecified atom stereocenters. The molecule has 1 aliphatic heterocycles. The van der Waals surface area contributed by atoms with Crippen LogP contribution in [0.1, 0.15) is 38.5 Å². The Bertz CT molecular complexity index is 395. The Labute approximate surface area is 126 Å². The summed E-state index contributed by atoms with van der Waals surface area (Å²) in [6.45, 7) is 1.87. The number of nitrogens with zero attached hydrogens (tertiary/aromatic N) is 1. The zero-order valence-corrected chi connectivity index (χ0v) is 12.8. The van der Waals surface area contributed by atoms with E-state index in [0.29, 0.717) is 13.1 Å². The maximum absolute atomic E-state index is 12.7. The summed E-state index contributed by atoms with van der Waals surface area (Å²) in [5.74, 6) is 1.73. The number of hydrogen-bond donors (Lipinski definition) is 0. The Morgan fingerprint density at radius 1 is 1.24 bits per heavy atom. The van der Waals surface area contributed by atoms with Crippen LogP contribution in [0.2, 0.25) is 0 Å². The monoisotopic (exact) mass is 295 g/mol. The third-order valence-corrected chi connectivity index (χ3v) is 5.17. The molecule has 0 spiro atoms. The van der Waals surface area contributed by atoms with E-state index in [4.69, 9.17) is 9.47 Å². The highest BCUT2D eigenvalue weighted by molar-refractivity contribution is 5.80. The minimum atomic E-state index is -0.255. The van der Waals surface area contributed by atoms with E-state index >= 15 is 0 Å². The molecular weight excluding hydrogens is 270 g/mol. The SMILES string of the molecule is COC(=O)CCN(CC1CCCO1)C(=O)C1CC2CC2C1. The Morgan fingerprint density at radius 2 is 2.00 bits per heavy atom. The van der Waals surface area contributed by atoms with Crippen molar-refractivity contribution in [2.75, 3.05) is 26.8 Å². The van der Waals surface area contributed by atoms with Crippen molar-refractivity contribution in [2.24, 2.45) is 17.8 Å². The van der Waals surface area contributed by atoms with Crippen molar-refractivity contribution in [2.45, 2.75) is 44.6 Å². The highest BCUT2D eigenvalue weighted by Crippen LogP contribution is 2.54. The fourth-order valence-corrected chi connectivity index (χ4v) is 3.83. The number of methoxy groups -OCH3 is 1. The minimum absolute atomic E-state index is 0.141. The van der Waals surface area contributed by atoms with Crippen molar-refractivity contribution in [3.63, 3.8) is 0 Å². The summed E-state index contributed by atoms with van der Waals surface area (Å²) in [5, 5.41) is 0. The third kappa shape index (κ3) is 3.57. The van der Waals surface area contributed by atoms with Crippen LogP contribution in [0.15, 0.2) is 0 Å². The molecule has 0 aromatic carbocycles. The lowest BCUT2D eigenvalue weighted by Gasteiger charge is -2.28. The zero-order chi connectivity index (χ0) is 14.8. The predicted molar refractivity (Wildman–Crippen MR) is 76.5 cm³/mol. The lowest BCUT2D eigenvalue weighted by molar-refractivity contribution is -0.143. The number of ether oxygens (including phenoxy) is 2. The van der Waals surface area contributed by atoms with Gasteiger partial charge < -0.3 is 14.4 Å². The molecule has 3 aliphatic rings. The molecule has 0 aromatic heterocycles. The lowest BCUT2D eigenvalue weighted by Crippen LogP contribution is -2.42. The summed E-state index contributed by atoms with van der Waals surface area (Å²) in [6.07, 6.45) is 5.90. The molecule has 0 bridgehead atoms. The van der Waals surface area contributed by atoms with Crippen LogP contribution in [0.3, 0.4) is 0 Å². The molecule has 118 valence electrons. The molecule has 5 nitrogen and oxygen atoms in total. The minimum Gasteiger partial charge on any atom is -0.469 e. The summed E-state index contributed by atoms with van der Waals surface area (Å²) in [5.41, 5.74) is 0. The van der Waals surface area contributed by atoms with Crippen molar-refractivity contribution in [1.29, 1.82) is 0 Å². The van der Waals surface area contributed by atoms with Gasteiger partial charge in [-0.15, -0.1) is 0 Å². The molecule has 1 amide bonds. The molecule has 3 atom stereocenters. The molecule has 3 fully saturated rings. The van der Waals surface area contributed by atoms with Gasteiger partial charge in [0.25, 0.3) is 0 Å². The standard InChI is InChI=1S/C16H25NO4/c1-20-15(18)4-5-17(10-14-3-2-6-21-14)16(19)13-8-11-7-12(11)9-13/h11-14H,2-10H2,1H3. The Balaban J connectivity index is 1.56. The van der Waals surface area contributed by atoms with Crippen molar-refractivity contribution >= 4 is 11.9 Å². The Hall–Kier alpha value is -1.10. The summed E-state index contributed by atoms with van der Waals surface area (Å²) in [7, 11) is 1.39. The van der Waals surface area contributed by atoms with Gasteiger partial charge in [0, 0.05) is 25.6 Å². The van der Waals surface area contributed by atoms with E-state index in [1.807, 2.05) is 4.90 Å². The second-order valence-electron chi connectivity index (χ2n) is 6.67. The maximum Gasteiger partial charge on any atom is 0.307 e. The molecule has 3 rings (SSSR count). The quantitative estimate of drug-likeness (QED) is 0.699. The highest BCUT2D eigenvalue weighted by atomic mass is 16.5. The normalized spacial score (nSPS) is 33.6. The largest absolute Gasteiger partial charge is 0.469 e. The van der Waals surface area contributed by atoms with Crippen LogP contribution in [-0.2, 0) is 19.1 Å². The van der Waals surface area contributed by atoms with Crippen molar-refractivity contribution in [3.05, 3.63) is 0 Å². The number of hydrogen-bond acceptors (Lipinski definition) is 4. The summed E-state index contributed by atoms with van der Waals surface area (Å²) < 4.78 is 10.3. The molecule has 0 aromatic rings. The number of amides is 1. The van der Waals surface area contributed by atoms with E-state index < -0.39 is 0 Å². The molecule has 1 heterocycles. The van der Waals surface area contributed by atoms with Crippen LogP contribution < -0.4 is 0 Å². The van der Waals surface area contributed by atoms with Gasteiger partial charge in [0.05, 0.1) is 19.6 Å². The van der Waals surface area contributed by atoms with Gasteiger partial charge in [-0.05, 0) is 43.9 Å². The Kier molecular flexibility index (Phi) is 4.48. The molecule has 21 heavy (non-hydrogen) atoms. The average Bonchev–Trinajstić information content (AvgIpc) is 2.93. The molecule has 2 aliphatic carbocycles. The van der Waals surface area contributed by atoms with E-state index in [1.54, 1.807) is 0 Å². The van der Waals surface area contributed by atoms with Crippen LogP contribution in [0.5, 0.6) is 0 Å². The van der Waals surface area contributed by atoms with Gasteiger partial charge in [-0.2, -0.15) is 0 Å². The van der Waals surface area contributed by atoms with Gasteiger partial charge in [0.2, 0.25) is 5.91 Å². The van der Waals surface area contributed by atoms with Crippen molar-refractivity contribution in [3.8, 4) is 0 Å². The van der Waals surface area contributed by atoms with Gasteiger partial charge in [-0.25, -0.2) is 0 Å². The van der Waals surface area contributed by atoms with Crippen molar-refractivity contribution in [1.82, 2.24) is 4.90 Å². The first kappa shape index (κ1) is 14.8. The third-order valence-electron chi connectivity index (χ3n) is 5.17. The number of carbonyl (C=O) groups is 2. The molecule has 5 heteroatoms. The predicted octanol–water partition coefficient (Wildman–Crippen LogP) is 1.60. The highest BCUT2D eigenvalue weighted by Gasteiger charge is 2.48. The van der Waals surface area contributed by atoms with Crippen LogP contribution in [0.4, 0.5) is 0 Å². The fraction of sp³-hybridized carbons (Fsp3) is 0.875. The first-order chi connectivity index (χ1) is 10.2. The van der Waals surface area contributed by atoms with Crippen LogP contribution >= 0.6 is 0 Å². The van der Waals surface area contributed by atoms with E-state index in [2.05, 4.69) is 0 Å². The average molecular weight is 295 g/mol. The second-order valence-corrected chi connectivity index (χ2v) is 6.67. The fourth-order valence-electron chi connectivity index (χ4n) is 3.83. The Morgan fingerprint density at radius 3 is 2.62 bits per heavy atom. The molecule has 0 N–H and O–H groups in total. The molecule has 2 saturated carbocycles. The topological polar surface area (TPSA) is 55.8 Å². The molecule has 1 saturated heterocycles. The number of esters is 1. The number of carbonyl (C=O) groups excluding carboxylic acids is 2. The van der Waals surface area contributed by atoms with Crippen LogP contribution in [0.25, 0.3) is 0 Å². The van der Waals surface area contributed by atoms with Crippen LogP contribution in [0, 0.1) is 17.8 Å². The summed E-state index contributed by atoms with van der Waals surface area (Å²) >= 11 is 0. The summed E-state index contributed by atoms with van der Waals surface area (Å²) in [6, 6.07) is 0. The van der Waals surface area contributed by atoms with E-state index in [9.17, 15) is 9.59 Å². The van der Waals surface area contributed by atoms with E-state index in [1.165, 1.54) is 13.5 Å². The lowest BCUT2D eigenvalue weighted by atomic mass is 10.0. The summed E-state index contributed by atoms with van der Waals surface area (Å²) in [4.78, 5) is 25.9. The van der Waals surface area contributed by atoms with Gasteiger partial charge in [-0.1, -0.05) is 0 Å². The number of fused-ring (bicyclic) bond motifs is 1. The first-order valence-corrected chi connectivity index (χ1v) is 8.14. The van der Waals surface area contributed by atoms with Gasteiger partial charge in [0.1, 0.15) is 0 Å². The van der Waals surface area contributed by atoms with E-state index in [-0.39, 0.29) is 30.3 Å². The van der Waals surface area contributed by atoms with Crippen LogP contribution in [-0.4, -0.2) is 49.7 Å². The zero-order valence-electron chi connectivity index (χ0n) is 12.8. The number of rotatable bonds is 6. The molecule has 0 radical (unpaired) electrons. The van der Waals surface area contributed by atoms with Gasteiger partial charge in [0.15, 0.2) is 0 Å². The van der Waals surface area contributed by atoms with E-state index in [0.717, 1.165) is 44.1 Å². The van der Waals surface area contributed by atoms with Gasteiger partial charge >= 0.3 is 5.97 Å². The van der Waals surface area contributed by atoms with Gasteiger partial charge in [-0.3, -0.25) is 9.59 Å². The first-order valence-electron chi connectivity index (χ1n) is 8.14. The van der Waals surface area contributed by atoms with Crippen molar-refractivity contribution < 1.29 is 19.1 Å². The maximum atomic E-state index is 12.7.